The van der Waals surface area contributed by atoms with Gasteiger partial charge in [-0.15, -0.1) is 0 Å². The minimum absolute atomic E-state index is 0.278. The van der Waals surface area contributed by atoms with Gasteiger partial charge in [0.05, 0.1) is 5.52 Å². The Balaban J connectivity index is 0.00000100. The molecule has 0 aliphatic rings. The molecular formula is C19H24FN3O. The second kappa shape index (κ2) is 8.45. The van der Waals surface area contributed by atoms with Crippen molar-refractivity contribution in [1.29, 1.82) is 0 Å². The van der Waals surface area contributed by atoms with E-state index in [2.05, 4.69) is 15.5 Å². The van der Waals surface area contributed by atoms with Crippen LogP contribution in [-0.2, 0) is 0 Å². The zero-order valence-electron chi connectivity index (χ0n) is 14.6. The molecule has 0 saturated heterocycles. The fraction of sp³-hybridized carbons (Fsp3) is 0.316. The number of aromatic amines is 1. The predicted molar refractivity (Wildman–Crippen MR) is 97.0 cm³/mol. The monoisotopic (exact) mass is 329 g/mol. The lowest BCUT2D eigenvalue weighted by Gasteiger charge is -2.12. The summed E-state index contributed by atoms with van der Waals surface area (Å²) < 4.78 is 19.4. The number of nitrogens with one attached hydrogen (secondary N) is 2. The SMILES string of the molecule is CC.CNCCOc1ccc(F)cc1-c1ccc2n[nH]c(C)c2c1. The Morgan fingerprint density at radius 1 is 1.17 bits per heavy atom. The summed E-state index contributed by atoms with van der Waals surface area (Å²) in [7, 11) is 1.87. The number of halogens is 1. The molecule has 0 aliphatic heterocycles. The maximum atomic E-state index is 13.7. The van der Waals surface area contributed by atoms with Crippen molar-refractivity contribution in [3.8, 4) is 16.9 Å². The first-order valence-electron chi connectivity index (χ1n) is 8.21. The Kier molecular flexibility index (Phi) is 6.32. The van der Waals surface area contributed by atoms with Crippen LogP contribution >= 0.6 is 0 Å². The van der Waals surface area contributed by atoms with Crippen LogP contribution in [0.5, 0.6) is 5.75 Å². The Morgan fingerprint density at radius 3 is 2.71 bits per heavy atom. The van der Waals surface area contributed by atoms with Gasteiger partial charge in [0, 0.05) is 23.2 Å². The van der Waals surface area contributed by atoms with E-state index in [1.54, 1.807) is 6.07 Å². The number of aryl methyl sites for hydroxylation is 1. The van der Waals surface area contributed by atoms with Crippen molar-refractivity contribution in [1.82, 2.24) is 15.5 Å². The zero-order chi connectivity index (χ0) is 17.5. The number of hydrogen-bond acceptors (Lipinski definition) is 3. The average Bonchev–Trinajstić information content (AvgIpc) is 2.99. The highest BCUT2D eigenvalue weighted by Crippen LogP contribution is 2.33. The van der Waals surface area contributed by atoms with Gasteiger partial charge in [-0.25, -0.2) is 4.39 Å². The van der Waals surface area contributed by atoms with Crippen LogP contribution in [-0.4, -0.2) is 30.4 Å². The summed E-state index contributed by atoms with van der Waals surface area (Å²) in [4.78, 5) is 0. The standard InChI is InChI=1S/C17H18FN3O.C2H6/c1-11-14-9-12(3-5-16(14)21-20-11)15-10-13(18)4-6-17(15)22-8-7-19-2;1-2/h3-6,9-10,19H,7-8H2,1-2H3,(H,20,21);1-2H3. The molecule has 4 nitrogen and oxygen atoms in total. The second-order valence-corrected chi connectivity index (χ2v) is 5.17. The van der Waals surface area contributed by atoms with Crippen molar-refractivity contribution in [2.75, 3.05) is 20.2 Å². The van der Waals surface area contributed by atoms with Crippen molar-refractivity contribution in [2.45, 2.75) is 20.8 Å². The highest BCUT2D eigenvalue weighted by molar-refractivity contribution is 5.87. The Morgan fingerprint density at radius 2 is 1.96 bits per heavy atom. The molecular weight excluding hydrogens is 305 g/mol. The Hall–Kier alpha value is -2.40. The fourth-order valence-electron chi connectivity index (χ4n) is 2.42. The highest BCUT2D eigenvalue weighted by atomic mass is 19.1. The first-order chi connectivity index (χ1) is 11.7. The average molecular weight is 329 g/mol. The number of ether oxygens (including phenoxy) is 1. The number of fused-ring (bicyclic) bond motifs is 1. The molecule has 0 spiro atoms. The molecule has 0 atom stereocenters. The molecule has 0 radical (unpaired) electrons. The fourth-order valence-corrected chi connectivity index (χ4v) is 2.42. The van der Waals surface area contributed by atoms with Gasteiger partial charge >= 0.3 is 0 Å². The van der Waals surface area contributed by atoms with E-state index < -0.39 is 0 Å². The van der Waals surface area contributed by atoms with E-state index in [-0.39, 0.29) is 5.82 Å². The van der Waals surface area contributed by atoms with Crippen molar-refractivity contribution in [3.05, 3.63) is 47.9 Å². The summed E-state index contributed by atoms with van der Waals surface area (Å²) in [6.07, 6.45) is 0. The van der Waals surface area contributed by atoms with Crippen LogP contribution in [0.4, 0.5) is 4.39 Å². The van der Waals surface area contributed by atoms with E-state index in [9.17, 15) is 4.39 Å². The summed E-state index contributed by atoms with van der Waals surface area (Å²) in [5.41, 5.74) is 3.55. The second-order valence-electron chi connectivity index (χ2n) is 5.17. The first kappa shape index (κ1) is 17.9. The van der Waals surface area contributed by atoms with E-state index in [0.29, 0.717) is 12.4 Å². The summed E-state index contributed by atoms with van der Waals surface area (Å²) in [6.45, 7) is 7.23. The minimum Gasteiger partial charge on any atom is -0.492 e. The number of aromatic nitrogens is 2. The molecule has 0 saturated carbocycles. The molecule has 1 aromatic heterocycles. The summed E-state index contributed by atoms with van der Waals surface area (Å²) >= 11 is 0. The van der Waals surface area contributed by atoms with E-state index >= 15 is 0 Å². The van der Waals surface area contributed by atoms with Gasteiger partial charge in [-0.3, -0.25) is 5.10 Å². The maximum absolute atomic E-state index is 13.7. The molecule has 24 heavy (non-hydrogen) atoms. The molecule has 128 valence electrons. The first-order valence-corrected chi connectivity index (χ1v) is 8.21. The van der Waals surface area contributed by atoms with Gasteiger partial charge in [0.1, 0.15) is 18.2 Å². The van der Waals surface area contributed by atoms with Crippen LogP contribution in [0.1, 0.15) is 19.5 Å². The molecule has 0 unspecified atom stereocenters. The van der Waals surface area contributed by atoms with Crippen LogP contribution in [0.25, 0.3) is 22.0 Å². The zero-order valence-corrected chi connectivity index (χ0v) is 14.6. The van der Waals surface area contributed by atoms with Gasteiger partial charge in [0.2, 0.25) is 0 Å². The van der Waals surface area contributed by atoms with E-state index in [0.717, 1.165) is 34.3 Å². The van der Waals surface area contributed by atoms with Gasteiger partial charge in [0.25, 0.3) is 0 Å². The van der Waals surface area contributed by atoms with Gasteiger partial charge in [-0.05, 0) is 49.9 Å². The molecule has 3 rings (SSSR count). The van der Waals surface area contributed by atoms with Crippen molar-refractivity contribution in [2.24, 2.45) is 0 Å². The van der Waals surface area contributed by atoms with Crippen molar-refractivity contribution >= 4 is 10.9 Å². The topological polar surface area (TPSA) is 49.9 Å². The van der Waals surface area contributed by atoms with E-state index in [1.165, 1.54) is 12.1 Å². The summed E-state index contributed by atoms with van der Waals surface area (Å²) in [5.74, 6) is 0.400. The highest BCUT2D eigenvalue weighted by Gasteiger charge is 2.10. The lowest BCUT2D eigenvalue weighted by molar-refractivity contribution is 0.319. The molecule has 0 aliphatic carbocycles. The number of benzene rings is 2. The van der Waals surface area contributed by atoms with E-state index in [1.807, 2.05) is 46.0 Å². The molecule has 0 fully saturated rings. The number of hydrogen-bond donors (Lipinski definition) is 2. The molecule has 5 heteroatoms. The van der Waals surface area contributed by atoms with Crippen LogP contribution in [0.3, 0.4) is 0 Å². The quantitative estimate of drug-likeness (QED) is 0.686. The van der Waals surface area contributed by atoms with Gasteiger partial charge in [-0.2, -0.15) is 5.10 Å². The normalized spacial score (nSPS) is 10.4. The number of nitrogens with zero attached hydrogens (tertiary/aromatic N) is 1. The Labute approximate surface area is 142 Å². The van der Waals surface area contributed by atoms with E-state index in [4.69, 9.17) is 4.74 Å². The molecule has 2 aromatic carbocycles. The van der Waals surface area contributed by atoms with Gasteiger partial charge < -0.3 is 10.1 Å². The van der Waals surface area contributed by atoms with Crippen LogP contribution in [0.15, 0.2) is 36.4 Å². The molecule has 0 amide bonds. The summed E-state index contributed by atoms with van der Waals surface area (Å²) in [5, 5.41) is 11.2. The van der Waals surface area contributed by atoms with Gasteiger partial charge in [-0.1, -0.05) is 19.9 Å². The summed E-state index contributed by atoms with van der Waals surface area (Å²) in [6, 6.07) is 10.5. The lowest BCUT2D eigenvalue weighted by Crippen LogP contribution is -2.16. The third-order valence-corrected chi connectivity index (χ3v) is 3.61. The number of likely N-dealkylation sites (N-methyl/N-ethyl adjacent to an activating group) is 1. The molecule has 3 aromatic rings. The molecule has 2 N–H and O–H groups in total. The van der Waals surface area contributed by atoms with Crippen LogP contribution < -0.4 is 10.1 Å². The maximum Gasteiger partial charge on any atom is 0.127 e. The minimum atomic E-state index is -0.278. The predicted octanol–water partition coefficient (Wildman–Crippen LogP) is 4.30. The molecule has 1 heterocycles. The smallest absolute Gasteiger partial charge is 0.127 e. The largest absolute Gasteiger partial charge is 0.492 e. The van der Waals surface area contributed by atoms with Crippen LogP contribution in [0, 0.1) is 12.7 Å². The number of H-pyrrole nitrogens is 1. The van der Waals surface area contributed by atoms with Crippen molar-refractivity contribution in [3.63, 3.8) is 0 Å². The Bertz CT molecular complexity index is 798. The van der Waals surface area contributed by atoms with Crippen molar-refractivity contribution < 1.29 is 9.13 Å². The third kappa shape index (κ3) is 3.92. The lowest BCUT2D eigenvalue weighted by atomic mass is 10.0. The third-order valence-electron chi connectivity index (χ3n) is 3.61. The molecule has 0 bridgehead atoms. The van der Waals surface area contributed by atoms with Crippen LogP contribution in [0.2, 0.25) is 0 Å². The number of rotatable bonds is 5. The van der Waals surface area contributed by atoms with Gasteiger partial charge in [0.15, 0.2) is 0 Å².